The summed E-state index contributed by atoms with van der Waals surface area (Å²) in [4.78, 5) is 27.8. The molecular formula is C15H21N3O2. The van der Waals surface area contributed by atoms with Gasteiger partial charge in [-0.3, -0.25) is 9.59 Å². The van der Waals surface area contributed by atoms with Crippen LogP contribution in [0.25, 0.3) is 0 Å². The molecule has 1 aromatic rings. The highest BCUT2D eigenvalue weighted by atomic mass is 16.2. The normalized spacial score (nSPS) is 18.6. The van der Waals surface area contributed by atoms with Gasteiger partial charge >= 0.3 is 0 Å². The predicted molar refractivity (Wildman–Crippen MR) is 78.5 cm³/mol. The highest BCUT2D eigenvalue weighted by molar-refractivity contribution is 6.00. The van der Waals surface area contributed by atoms with Gasteiger partial charge in [-0.1, -0.05) is 18.2 Å². The van der Waals surface area contributed by atoms with Gasteiger partial charge in [-0.2, -0.15) is 0 Å². The molecule has 0 aromatic heterocycles. The van der Waals surface area contributed by atoms with Crippen molar-refractivity contribution in [2.45, 2.75) is 6.42 Å². The van der Waals surface area contributed by atoms with Crippen LogP contribution in [0, 0.1) is 5.92 Å². The van der Waals surface area contributed by atoms with Gasteiger partial charge in [0.2, 0.25) is 11.8 Å². The maximum Gasteiger partial charge on any atom is 0.227 e. The number of likely N-dealkylation sites (N-methyl/N-ethyl adjacent to an activating group) is 1. The van der Waals surface area contributed by atoms with E-state index in [1.807, 2.05) is 49.3 Å². The summed E-state index contributed by atoms with van der Waals surface area (Å²) in [7, 11) is 3.92. The summed E-state index contributed by atoms with van der Waals surface area (Å²) in [5, 5.41) is 2.89. The molecule has 0 radical (unpaired) electrons. The second-order valence-electron chi connectivity index (χ2n) is 5.34. The Hall–Kier alpha value is -1.88. The lowest BCUT2D eigenvalue weighted by Gasteiger charge is -2.17. The quantitative estimate of drug-likeness (QED) is 0.861. The predicted octanol–water partition coefficient (Wildman–Crippen LogP) is 0.717. The molecule has 1 N–H and O–H groups in total. The Balaban J connectivity index is 1.90. The van der Waals surface area contributed by atoms with Crippen LogP contribution in [0.5, 0.6) is 0 Å². The van der Waals surface area contributed by atoms with Crippen LogP contribution in [-0.2, 0) is 9.59 Å². The number of rotatable bonds is 5. The van der Waals surface area contributed by atoms with Gasteiger partial charge in [0.15, 0.2) is 0 Å². The van der Waals surface area contributed by atoms with E-state index < -0.39 is 0 Å². The molecule has 0 saturated carbocycles. The van der Waals surface area contributed by atoms with Crippen molar-refractivity contribution in [2.24, 2.45) is 5.92 Å². The molecule has 108 valence electrons. The molecule has 1 aromatic carbocycles. The van der Waals surface area contributed by atoms with Crippen LogP contribution >= 0.6 is 0 Å². The lowest BCUT2D eigenvalue weighted by Crippen LogP contribution is -2.36. The molecule has 1 atom stereocenters. The molecule has 0 bridgehead atoms. The van der Waals surface area contributed by atoms with Crippen LogP contribution in [0.1, 0.15) is 6.42 Å². The SMILES string of the molecule is CN(C)CCNC(=O)C1CC(=O)N(c2ccccc2)C1. The smallest absolute Gasteiger partial charge is 0.227 e. The molecule has 2 rings (SSSR count). The summed E-state index contributed by atoms with van der Waals surface area (Å²) in [6.07, 6.45) is 0.294. The Morgan fingerprint density at radius 3 is 2.70 bits per heavy atom. The number of amides is 2. The van der Waals surface area contributed by atoms with Crippen molar-refractivity contribution in [3.63, 3.8) is 0 Å². The molecule has 5 heteroatoms. The first-order valence-electron chi connectivity index (χ1n) is 6.86. The first kappa shape index (κ1) is 14.5. The molecule has 1 heterocycles. The van der Waals surface area contributed by atoms with Crippen molar-refractivity contribution in [1.82, 2.24) is 10.2 Å². The highest BCUT2D eigenvalue weighted by Crippen LogP contribution is 2.24. The fraction of sp³-hybridized carbons (Fsp3) is 0.467. The number of anilines is 1. The number of hydrogen-bond acceptors (Lipinski definition) is 3. The fourth-order valence-corrected chi connectivity index (χ4v) is 2.29. The molecule has 1 unspecified atom stereocenters. The van der Waals surface area contributed by atoms with Crippen LogP contribution in [0.3, 0.4) is 0 Å². The first-order chi connectivity index (χ1) is 9.58. The molecule has 2 amide bonds. The van der Waals surface area contributed by atoms with Crippen LogP contribution in [0.4, 0.5) is 5.69 Å². The molecule has 1 fully saturated rings. The van der Waals surface area contributed by atoms with Crippen molar-refractivity contribution in [3.05, 3.63) is 30.3 Å². The topological polar surface area (TPSA) is 52.7 Å². The second-order valence-corrected chi connectivity index (χ2v) is 5.34. The molecule has 5 nitrogen and oxygen atoms in total. The summed E-state index contributed by atoms with van der Waals surface area (Å²) < 4.78 is 0. The zero-order valence-electron chi connectivity index (χ0n) is 12.0. The Kier molecular flexibility index (Phi) is 4.74. The molecule has 0 aliphatic carbocycles. The van der Waals surface area contributed by atoms with E-state index in [9.17, 15) is 9.59 Å². The maximum atomic E-state index is 12.0. The number of para-hydroxylation sites is 1. The standard InChI is InChI=1S/C15H21N3O2/c1-17(2)9-8-16-15(20)12-10-14(19)18(11-12)13-6-4-3-5-7-13/h3-7,12H,8-11H2,1-2H3,(H,16,20). The Morgan fingerprint density at radius 2 is 2.05 bits per heavy atom. The van der Waals surface area contributed by atoms with E-state index in [-0.39, 0.29) is 17.7 Å². The van der Waals surface area contributed by atoms with Crippen LogP contribution in [0.15, 0.2) is 30.3 Å². The van der Waals surface area contributed by atoms with E-state index in [0.29, 0.717) is 19.5 Å². The Labute approximate surface area is 119 Å². The van der Waals surface area contributed by atoms with E-state index >= 15 is 0 Å². The second kappa shape index (κ2) is 6.52. The summed E-state index contributed by atoms with van der Waals surface area (Å²) in [5.74, 6) is -0.257. The zero-order valence-corrected chi connectivity index (χ0v) is 12.0. The molecule has 0 spiro atoms. The number of carbonyl (C=O) groups is 2. The Morgan fingerprint density at radius 1 is 1.35 bits per heavy atom. The summed E-state index contributed by atoms with van der Waals surface area (Å²) >= 11 is 0. The molecule has 1 aliphatic rings. The number of hydrogen-bond donors (Lipinski definition) is 1. The van der Waals surface area contributed by atoms with Gasteiger partial charge < -0.3 is 15.1 Å². The molecule has 20 heavy (non-hydrogen) atoms. The lowest BCUT2D eigenvalue weighted by molar-refractivity contribution is -0.126. The van der Waals surface area contributed by atoms with Gasteiger partial charge in [0, 0.05) is 31.7 Å². The van der Waals surface area contributed by atoms with E-state index in [4.69, 9.17) is 0 Å². The van der Waals surface area contributed by atoms with Gasteiger partial charge in [0.25, 0.3) is 0 Å². The van der Waals surface area contributed by atoms with Crippen molar-refractivity contribution < 1.29 is 9.59 Å². The number of nitrogens with zero attached hydrogens (tertiary/aromatic N) is 2. The van der Waals surface area contributed by atoms with E-state index in [2.05, 4.69) is 5.32 Å². The average molecular weight is 275 g/mol. The van der Waals surface area contributed by atoms with Crippen molar-refractivity contribution in [2.75, 3.05) is 38.6 Å². The summed E-state index contributed by atoms with van der Waals surface area (Å²) in [5.41, 5.74) is 0.862. The third-order valence-corrected chi connectivity index (χ3v) is 3.42. The van der Waals surface area contributed by atoms with Gasteiger partial charge in [0.05, 0.1) is 5.92 Å². The van der Waals surface area contributed by atoms with E-state index in [0.717, 1.165) is 12.2 Å². The van der Waals surface area contributed by atoms with Crippen LogP contribution < -0.4 is 10.2 Å². The third-order valence-electron chi connectivity index (χ3n) is 3.42. The molecule has 1 saturated heterocycles. The minimum absolute atomic E-state index is 0.0176. The largest absolute Gasteiger partial charge is 0.355 e. The van der Waals surface area contributed by atoms with Crippen molar-refractivity contribution >= 4 is 17.5 Å². The Bertz CT molecular complexity index is 473. The maximum absolute atomic E-state index is 12.0. The minimum Gasteiger partial charge on any atom is -0.355 e. The van der Waals surface area contributed by atoms with Crippen LogP contribution in [-0.4, -0.2) is 50.4 Å². The number of benzene rings is 1. The number of nitrogens with one attached hydrogen (secondary N) is 1. The zero-order chi connectivity index (χ0) is 14.5. The monoisotopic (exact) mass is 275 g/mol. The summed E-state index contributed by atoms with van der Waals surface area (Å²) in [6, 6.07) is 9.49. The highest BCUT2D eigenvalue weighted by Gasteiger charge is 2.34. The summed E-state index contributed by atoms with van der Waals surface area (Å²) in [6.45, 7) is 1.88. The van der Waals surface area contributed by atoms with Crippen molar-refractivity contribution in [3.8, 4) is 0 Å². The molecule has 1 aliphatic heterocycles. The minimum atomic E-state index is -0.245. The van der Waals surface area contributed by atoms with Gasteiger partial charge in [-0.15, -0.1) is 0 Å². The number of carbonyl (C=O) groups excluding carboxylic acids is 2. The van der Waals surface area contributed by atoms with E-state index in [1.54, 1.807) is 4.90 Å². The fourth-order valence-electron chi connectivity index (χ4n) is 2.29. The van der Waals surface area contributed by atoms with Gasteiger partial charge in [0.1, 0.15) is 0 Å². The average Bonchev–Trinajstić information content (AvgIpc) is 2.81. The van der Waals surface area contributed by atoms with Gasteiger partial charge in [-0.05, 0) is 26.2 Å². The van der Waals surface area contributed by atoms with E-state index in [1.165, 1.54) is 0 Å². The molecular weight excluding hydrogens is 254 g/mol. The first-order valence-corrected chi connectivity index (χ1v) is 6.86. The lowest BCUT2D eigenvalue weighted by atomic mass is 10.1. The third kappa shape index (κ3) is 3.57. The van der Waals surface area contributed by atoms with Crippen LogP contribution in [0.2, 0.25) is 0 Å². The van der Waals surface area contributed by atoms with Gasteiger partial charge in [-0.25, -0.2) is 0 Å². The van der Waals surface area contributed by atoms with Crippen molar-refractivity contribution in [1.29, 1.82) is 0 Å².